The van der Waals surface area contributed by atoms with Crippen molar-refractivity contribution < 1.29 is 9.53 Å². The predicted octanol–water partition coefficient (Wildman–Crippen LogP) is 5.13. The minimum atomic E-state index is -0.262. The summed E-state index contributed by atoms with van der Waals surface area (Å²) in [5, 5.41) is 0. The van der Waals surface area contributed by atoms with Crippen LogP contribution < -0.4 is 0 Å². The first-order valence-corrected chi connectivity index (χ1v) is 8.77. The van der Waals surface area contributed by atoms with E-state index in [-0.39, 0.29) is 12.1 Å². The molecule has 2 aliphatic carbocycles. The number of hydrogen-bond acceptors (Lipinski definition) is 2. The Morgan fingerprint density at radius 3 is 2.19 bits per heavy atom. The highest BCUT2D eigenvalue weighted by atomic mass is 16.5. The molecule has 0 saturated heterocycles. The van der Waals surface area contributed by atoms with E-state index in [1.54, 1.807) is 0 Å². The number of hydrogen-bond donors (Lipinski definition) is 0. The summed E-state index contributed by atoms with van der Waals surface area (Å²) < 4.78 is 5.40. The molecule has 0 unspecified atom stereocenters. The number of carbonyl (C=O) groups excluding carboxylic acids is 1. The van der Waals surface area contributed by atoms with Crippen molar-refractivity contribution in [2.45, 2.75) is 78.2 Å². The van der Waals surface area contributed by atoms with Gasteiger partial charge in [0.05, 0.1) is 0 Å². The molecule has 2 heteroatoms. The van der Waals surface area contributed by atoms with Crippen molar-refractivity contribution in [3.63, 3.8) is 0 Å². The molecular formula is C19H32O2. The molecule has 0 aromatic rings. The molecule has 0 bridgehead atoms. The van der Waals surface area contributed by atoms with Gasteiger partial charge in [-0.15, -0.1) is 0 Å². The van der Waals surface area contributed by atoms with Crippen LogP contribution in [0.5, 0.6) is 0 Å². The number of rotatable bonds is 4. The largest absolute Gasteiger partial charge is 0.459 e. The molecule has 2 rings (SSSR count). The van der Waals surface area contributed by atoms with Crippen LogP contribution in [0.4, 0.5) is 0 Å². The molecule has 0 amide bonds. The van der Waals surface area contributed by atoms with Gasteiger partial charge in [0.2, 0.25) is 0 Å². The molecule has 120 valence electrons. The summed E-state index contributed by atoms with van der Waals surface area (Å²) in [6.07, 6.45) is 11.5. The summed E-state index contributed by atoms with van der Waals surface area (Å²) in [7, 11) is 0. The number of carbonyl (C=O) groups is 1. The number of ether oxygens (including phenoxy) is 1. The van der Waals surface area contributed by atoms with E-state index in [2.05, 4.69) is 27.4 Å². The molecule has 0 spiro atoms. The first-order chi connectivity index (χ1) is 9.94. The van der Waals surface area contributed by atoms with Crippen LogP contribution in [0.15, 0.2) is 12.7 Å². The van der Waals surface area contributed by atoms with Gasteiger partial charge in [-0.1, -0.05) is 27.4 Å². The lowest BCUT2D eigenvalue weighted by Gasteiger charge is -2.46. The molecule has 0 aromatic carbocycles. The Bertz CT molecular complexity index is 356. The van der Waals surface area contributed by atoms with E-state index >= 15 is 0 Å². The average molecular weight is 292 g/mol. The van der Waals surface area contributed by atoms with Gasteiger partial charge in [0.25, 0.3) is 0 Å². The van der Waals surface area contributed by atoms with Crippen molar-refractivity contribution in [1.29, 1.82) is 0 Å². The molecule has 2 fully saturated rings. The van der Waals surface area contributed by atoms with Crippen LogP contribution in [-0.2, 0) is 9.53 Å². The van der Waals surface area contributed by atoms with Gasteiger partial charge in [0.1, 0.15) is 6.10 Å². The molecular weight excluding hydrogens is 260 g/mol. The fourth-order valence-electron chi connectivity index (χ4n) is 4.46. The first-order valence-electron chi connectivity index (χ1n) is 8.77. The van der Waals surface area contributed by atoms with Crippen molar-refractivity contribution in [3.05, 3.63) is 12.7 Å². The van der Waals surface area contributed by atoms with Crippen LogP contribution in [0.25, 0.3) is 0 Å². The van der Waals surface area contributed by atoms with E-state index in [1.165, 1.54) is 44.6 Å². The molecule has 0 aliphatic heterocycles. The zero-order chi connectivity index (χ0) is 15.5. The van der Waals surface area contributed by atoms with Crippen LogP contribution in [0.2, 0.25) is 0 Å². The van der Waals surface area contributed by atoms with Crippen LogP contribution in [0.3, 0.4) is 0 Å². The summed E-state index contributed by atoms with van der Waals surface area (Å²) in [6.45, 7) is 10.7. The second-order valence-electron chi connectivity index (χ2n) is 7.85. The smallest absolute Gasteiger partial charge is 0.330 e. The van der Waals surface area contributed by atoms with E-state index in [0.717, 1.165) is 30.6 Å². The highest BCUT2D eigenvalue weighted by molar-refractivity contribution is 5.81. The normalized spacial score (nSPS) is 37.2. The average Bonchev–Trinajstić information content (AvgIpc) is 2.48. The maximum atomic E-state index is 11.3. The van der Waals surface area contributed by atoms with Crippen molar-refractivity contribution in [3.8, 4) is 0 Å². The lowest BCUT2D eigenvalue weighted by Crippen LogP contribution is -2.37. The highest BCUT2D eigenvalue weighted by Crippen LogP contribution is 2.50. The van der Waals surface area contributed by atoms with Gasteiger partial charge in [0, 0.05) is 6.08 Å². The zero-order valence-electron chi connectivity index (χ0n) is 14.1. The Morgan fingerprint density at radius 1 is 1.14 bits per heavy atom. The third-order valence-corrected chi connectivity index (χ3v) is 6.22. The van der Waals surface area contributed by atoms with Crippen LogP contribution >= 0.6 is 0 Å². The Morgan fingerprint density at radius 2 is 1.71 bits per heavy atom. The summed E-state index contributed by atoms with van der Waals surface area (Å²) in [5.74, 6) is 2.33. The minimum absolute atomic E-state index is 0.127. The molecule has 0 radical (unpaired) electrons. The van der Waals surface area contributed by atoms with Gasteiger partial charge in [-0.3, -0.25) is 0 Å². The molecule has 2 nitrogen and oxygen atoms in total. The summed E-state index contributed by atoms with van der Waals surface area (Å²) in [5.41, 5.74) is 0.527. The summed E-state index contributed by atoms with van der Waals surface area (Å²) >= 11 is 0. The Hall–Kier alpha value is -0.790. The fourth-order valence-corrected chi connectivity index (χ4v) is 4.46. The molecule has 2 saturated carbocycles. The number of esters is 1. The van der Waals surface area contributed by atoms with Gasteiger partial charge >= 0.3 is 5.97 Å². The molecule has 2 aliphatic rings. The second-order valence-corrected chi connectivity index (χ2v) is 7.85. The van der Waals surface area contributed by atoms with Crippen molar-refractivity contribution in [1.82, 2.24) is 0 Å². The molecule has 0 aromatic heterocycles. The SMILES string of the molecule is C=CC(=O)OC1CCC(C2(C)CCC(C(C)C)CC2)CC1. The van der Waals surface area contributed by atoms with Gasteiger partial charge in [-0.2, -0.15) is 0 Å². The fraction of sp³-hybridized carbons (Fsp3) is 0.842. The van der Waals surface area contributed by atoms with Gasteiger partial charge in [-0.25, -0.2) is 4.79 Å². The lowest BCUT2D eigenvalue weighted by atomic mass is 9.60. The third kappa shape index (κ3) is 4.11. The summed E-state index contributed by atoms with van der Waals surface area (Å²) in [4.78, 5) is 11.3. The second kappa shape index (κ2) is 6.98. The van der Waals surface area contributed by atoms with E-state index in [4.69, 9.17) is 4.74 Å². The van der Waals surface area contributed by atoms with Crippen molar-refractivity contribution >= 4 is 5.97 Å². The maximum absolute atomic E-state index is 11.3. The van der Waals surface area contributed by atoms with E-state index in [9.17, 15) is 4.79 Å². The molecule has 0 heterocycles. The van der Waals surface area contributed by atoms with Crippen molar-refractivity contribution in [2.24, 2.45) is 23.2 Å². The quantitative estimate of drug-likeness (QED) is 0.530. The van der Waals surface area contributed by atoms with Crippen LogP contribution in [0, 0.1) is 23.2 Å². The topological polar surface area (TPSA) is 26.3 Å². The van der Waals surface area contributed by atoms with Crippen LogP contribution in [0.1, 0.15) is 72.1 Å². The lowest BCUT2D eigenvalue weighted by molar-refractivity contribution is -0.145. The zero-order valence-corrected chi connectivity index (χ0v) is 14.1. The van der Waals surface area contributed by atoms with Crippen molar-refractivity contribution in [2.75, 3.05) is 0 Å². The van der Waals surface area contributed by atoms with E-state index in [0.29, 0.717) is 5.41 Å². The van der Waals surface area contributed by atoms with Gasteiger partial charge < -0.3 is 4.74 Å². The Labute approximate surface area is 130 Å². The van der Waals surface area contributed by atoms with E-state index < -0.39 is 0 Å². The maximum Gasteiger partial charge on any atom is 0.330 e. The monoisotopic (exact) mass is 292 g/mol. The molecule has 0 atom stereocenters. The predicted molar refractivity (Wildman–Crippen MR) is 86.9 cm³/mol. The van der Waals surface area contributed by atoms with E-state index in [1.807, 2.05) is 0 Å². The minimum Gasteiger partial charge on any atom is -0.459 e. The van der Waals surface area contributed by atoms with Gasteiger partial charge in [-0.05, 0) is 74.5 Å². The van der Waals surface area contributed by atoms with Crippen LogP contribution in [-0.4, -0.2) is 12.1 Å². The Balaban J connectivity index is 1.82. The summed E-state index contributed by atoms with van der Waals surface area (Å²) in [6, 6.07) is 0. The molecule has 0 N–H and O–H groups in total. The highest BCUT2D eigenvalue weighted by Gasteiger charge is 2.40. The molecule has 21 heavy (non-hydrogen) atoms. The van der Waals surface area contributed by atoms with Gasteiger partial charge in [0.15, 0.2) is 0 Å². The third-order valence-electron chi connectivity index (χ3n) is 6.22. The Kier molecular flexibility index (Phi) is 5.51. The standard InChI is InChI=1S/C19H32O2/c1-5-18(20)21-17-8-6-16(7-9-17)19(4)12-10-15(11-13-19)14(2)3/h5,14-17H,1,6-13H2,2-4H3. The first kappa shape index (κ1) is 16.6.